The van der Waals surface area contributed by atoms with E-state index in [0.29, 0.717) is 22.3 Å². The number of benzene rings is 2. The number of carbonyl (C=O) groups is 1. The number of halogens is 3. The molecule has 136 valence electrons. The van der Waals surface area contributed by atoms with Crippen molar-refractivity contribution < 1.29 is 19.0 Å². The van der Waals surface area contributed by atoms with E-state index in [0.717, 1.165) is 30.0 Å². The number of ether oxygens (including phenoxy) is 1. The topological polar surface area (TPSA) is 46.5 Å². The molecule has 0 heterocycles. The van der Waals surface area contributed by atoms with Gasteiger partial charge in [-0.1, -0.05) is 29.3 Å². The first-order valence-electron chi connectivity index (χ1n) is 8.22. The molecule has 1 N–H and O–H groups in total. The molecule has 26 heavy (non-hydrogen) atoms. The van der Waals surface area contributed by atoms with Crippen LogP contribution in [0.4, 0.5) is 4.39 Å². The van der Waals surface area contributed by atoms with Gasteiger partial charge in [0.15, 0.2) is 0 Å². The van der Waals surface area contributed by atoms with Crippen LogP contribution in [-0.2, 0) is 4.79 Å². The molecule has 0 unspecified atom stereocenters. The van der Waals surface area contributed by atoms with Gasteiger partial charge in [-0.3, -0.25) is 0 Å². The summed E-state index contributed by atoms with van der Waals surface area (Å²) in [6.45, 7) is 1.75. The molecule has 0 radical (unpaired) electrons. The Morgan fingerprint density at radius 2 is 2.04 bits per heavy atom. The van der Waals surface area contributed by atoms with Gasteiger partial charge in [-0.2, -0.15) is 0 Å². The summed E-state index contributed by atoms with van der Waals surface area (Å²) in [5, 5.41) is 9.12. The summed E-state index contributed by atoms with van der Waals surface area (Å²) in [5.74, 6) is -0.530. The molecule has 3 rings (SSSR count). The first-order chi connectivity index (χ1) is 12.4. The van der Waals surface area contributed by atoms with Crippen LogP contribution in [0, 0.1) is 5.82 Å². The predicted molar refractivity (Wildman–Crippen MR) is 101 cm³/mol. The quantitative estimate of drug-likeness (QED) is 0.465. The van der Waals surface area contributed by atoms with Crippen LogP contribution in [0.15, 0.2) is 36.4 Å². The number of carboxylic acids is 1. The molecule has 0 aromatic heterocycles. The number of carboxylic acid groups (broad SMARTS) is 1. The maximum Gasteiger partial charge on any atom is 0.328 e. The second-order valence-corrected chi connectivity index (χ2v) is 7.04. The summed E-state index contributed by atoms with van der Waals surface area (Å²) in [6.07, 6.45) is 4.29. The highest BCUT2D eigenvalue weighted by Gasteiger charge is 2.26. The maximum atomic E-state index is 13.7. The van der Waals surface area contributed by atoms with Crippen molar-refractivity contribution >= 4 is 35.2 Å². The Balaban J connectivity index is 1.87. The molecule has 2 aromatic rings. The number of hydrogen-bond donors (Lipinski definition) is 1. The molecule has 0 aliphatic heterocycles. The minimum Gasteiger partial charge on any atom is -0.486 e. The maximum absolute atomic E-state index is 13.7. The largest absolute Gasteiger partial charge is 0.486 e. The minimum atomic E-state index is -0.990. The van der Waals surface area contributed by atoms with Crippen molar-refractivity contribution in [2.45, 2.75) is 31.8 Å². The Hall–Kier alpha value is -2.04. The lowest BCUT2D eigenvalue weighted by Crippen LogP contribution is -2.06. The molecule has 2 aromatic carbocycles. The van der Waals surface area contributed by atoms with Crippen LogP contribution in [0.25, 0.3) is 6.08 Å². The van der Waals surface area contributed by atoms with E-state index < -0.39 is 17.9 Å². The summed E-state index contributed by atoms with van der Waals surface area (Å²) in [6, 6.07) is 8.15. The zero-order chi connectivity index (χ0) is 18.8. The van der Waals surface area contributed by atoms with Gasteiger partial charge in [-0.15, -0.1) is 0 Å². The van der Waals surface area contributed by atoms with Crippen LogP contribution in [0.2, 0.25) is 10.0 Å². The van der Waals surface area contributed by atoms with E-state index in [4.69, 9.17) is 33.0 Å². The van der Waals surface area contributed by atoms with E-state index in [9.17, 15) is 9.18 Å². The average molecular weight is 395 g/mol. The molecule has 0 amide bonds. The molecule has 3 nitrogen and oxygen atoms in total. The number of hydrogen-bond acceptors (Lipinski definition) is 2. The van der Waals surface area contributed by atoms with E-state index in [1.807, 2.05) is 12.1 Å². The van der Waals surface area contributed by atoms with Crippen LogP contribution in [0.1, 0.15) is 48.5 Å². The first kappa shape index (κ1) is 18.7. The van der Waals surface area contributed by atoms with E-state index >= 15 is 0 Å². The van der Waals surface area contributed by atoms with E-state index in [-0.39, 0.29) is 5.02 Å². The van der Waals surface area contributed by atoms with E-state index in [2.05, 4.69) is 0 Å². The summed E-state index contributed by atoms with van der Waals surface area (Å²) in [5.41, 5.74) is 2.30. The van der Waals surface area contributed by atoms with Gasteiger partial charge in [0.25, 0.3) is 0 Å². The van der Waals surface area contributed by atoms with Crippen molar-refractivity contribution in [1.82, 2.24) is 0 Å². The Morgan fingerprint density at radius 3 is 2.69 bits per heavy atom. The third-order valence-corrected chi connectivity index (χ3v) is 4.99. The normalized spacial score (nSPS) is 15.2. The fourth-order valence-corrected chi connectivity index (χ4v) is 3.54. The van der Waals surface area contributed by atoms with Crippen molar-refractivity contribution in [3.8, 4) is 5.75 Å². The van der Waals surface area contributed by atoms with Gasteiger partial charge in [-0.25, -0.2) is 9.18 Å². The van der Waals surface area contributed by atoms with E-state index in [1.165, 1.54) is 12.1 Å². The lowest BCUT2D eigenvalue weighted by Gasteiger charge is -2.19. The van der Waals surface area contributed by atoms with Gasteiger partial charge in [0.1, 0.15) is 17.7 Å². The zero-order valence-electron chi connectivity index (χ0n) is 14.0. The van der Waals surface area contributed by atoms with Gasteiger partial charge in [0.05, 0.1) is 5.02 Å². The fourth-order valence-electron chi connectivity index (χ4n) is 2.87. The third-order valence-electron chi connectivity index (χ3n) is 4.28. The molecule has 0 saturated heterocycles. The summed E-state index contributed by atoms with van der Waals surface area (Å²) < 4.78 is 19.7. The average Bonchev–Trinajstić information content (AvgIpc) is 3.42. The first-order valence-corrected chi connectivity index (χ1v) is 8.97. The zero-order valence-corrected chi connectivity index (χ0v) is 15.5. The molecule has 1 saturated carbocycles. The molecule has 0 bridgehead atoms. The Bertz CT molecular complexity index is 876. The second kappa shape index (κ2) is 7.68. The molecule has 6 heteroatoms. The molecular formula is C20H17Cl2FO3. The molecule has 1 aliphatic carbocycles. The second-order valence-electron chi connectivity index (χ2n) is 6.25. The summed E-state index contributed by atoms with van der Waals surface area (Å²) in [4.78, 5) is 10.8. The van der Waals surface area contributed by atoms with Gasteiger partial charge in [-0.05, 0) is 67.2 Å². The monoisotopic (exact) mass is 394 g/mol. The fraction of sp³-hybridized carbons (Fsp3) is 0.250. The highest BCUT2D eigenvalue weighted by molar-refractivity contribution is 6.36. The lowest BCUT2D eigenvalue weighted by atomic mass is 10.0. The Labute approximate surface area is 161 Å². The number of aliphatic carboxylic acids is 1. The van der Waals surface area contributed by atoms with E-state index in [1.54, 1.807) is 19.1 Å². The van der Waals surface area contributed by atoms with Crippen LogP contribution in [-0.4, -0.2) is 11.1 Å². The highest BCUT2D eigenvalue weighted by Crippen LogP contribution is 2.44. The summed E-state index contributed by atoms with van der Waals surface area (Å²) in [7, 11) is 0. The highest BCUT2D eigenvalue weighted by atomic mass is 35.5. The van der Waals surface area contributed by atoms with Gasteiger partial charge in [0, 0.05) is 16.7 Å². The smallest absolute Gasteiger partial charge is 0.328 e. The Kier molecular flexibility index (Phi) is 5.54. The number of rotatable bonds is 6. The molecule has 1 atom stereocenters. The van der Waals surface area contributed by atoms with Gasteiger partial charge in [0.2, 0.25) is 0 Å². The minimum absolute atomic E-state index is 0.0478. The van der Waals surface area contributed by atoms with Crippen molar-refractivity contribution in [2.75, 3.05) is 0 Å². The van der Waals surface area contributed by atoms with Crippen molar-refractivity contribution in [2.24, 2.45) is 0 Å². The predicted octanol–water partition coefficient (Wildman–Crippen LogP) is 6.25. The van der Waals surface area contributed by atoms with Crippen molar-refractivity contribution in [3.63, 3.8) is 0 Å². The van der Waals surface area contributed by atoms with Crippen LogP contribution >= 0.6 is 23.2 Å². The third kappa shape index (κ3) is 4.19. The SMILES string of the molecule is C[C@H](Oc1ccc(/C=C/C(=O)O)c(C2CC2)c1)c1c(Cl)ccc(F)c1Cl. The lowest BCUT2D eigenvalue weighted by molar-refractivity contribution is -0.131. The van der Waals surface area contributed by atoms with Crippen LogP contribution in [0.5, 0.6) is 5.75 Å². The molecule has 1 fully saturated rings. The standard InChI is InChI=1S/C20H17Cl2FO3/c1-11(19-16(21)7-8-17(23)20(19)22)26-14-6-4-13(5-9-18(24)25)15(10-14)12-2-3-12/h4-12H,2-3H2,1H3,(H,24,25)/b9-5+/t11-/m0/s1. The summed E-state index contributed by atoms with van der Waals surface area (Å²) >= 11 is 12.2. The molecule has 1 aliphatic rings. The molecular weight excluding hydrogens is 378 g/mol. The van der Waals surface area contributed by atoms with Crippen LogP contribution in [0.3, 0.4) is 0 Å². The van der Waals surface area contributed by atoms with Gasteiger partial charge >= 0.3 is 5.97 Å². The Morgan fingerprint density at radius 1 is 1.31 bits per heavy atom. The van der Waals surface area contributed by atoms with Crippen molar-refractivity contribution in [1.29, 1.82) is 0 Å². The van der Waals surface area contributed by atoms with Crippen molar-refractivity contribution in [3.05, 3.63) is 69.0 Å². The molecule has 0 spiro atoms. The van der Waals surface area contributed by atoms with Gasteiger partial charge < -0.3 is 9.84 Å². The van der Waals surface area contributed by atoms with Crippen LogP contribution < -0.4 is 4.74 Å².